The molecule has 0 aromatic heterocycles. The highest BCUT2D eigenvalue weighted by molar-refractivity contribution is 5.86. The summed E-state index contributed by atoms with van der Waals surface area (Å²) in [4.78, 5) is 0. The van der Waals surface area contributed by atoms with Crippen LogP contribution in [0.2, 0.25) is 0 Å². The summed E-state index contributed by atoms with van der Waals surface area (Å²) in [6, 6.07) is 0. The summed E-state index contributed by atoms with van der Waals surface area (Å²) in [7, 11) is 0. The van der Waals surface area contributed by atoms with Crippen LogP contribution in [-0.2, 0) is 0 Å². The van der Waals surface area contributed by atoms with Gasteiger partial charge in [0.25, 0.3) is 0 Å². The number of hydrogen-bond donors (Lipinski definition) is 0. The Bertz CT molecular complexity index is 65.7. The van der Waals surface area contributed by atoms with Gasteiger partial charge in [0.15, 0.2) is 0 Å². The molecule has 0 aromatic carbocycles. The molecule has 3 heteroatoms. The van der Waals surface area contributed by atoms with Crippen LogP contribution in [0.1, 0.15) is 6.42 Å². The zero-order valence-corrected chi connectivity index (χ0v) is 6.69. The van der Waals surface area contributed by atoms with Gasteiger partial charge in [-0.1, -0.05) is 24.3 Å². The molecule has 0 aliphatic heterocycles. The van der Waals surface area contributed by atoms with Crippen molar-refractivity contribution in [1.29, 1.82) is 0 Å². The van der Waals surface area contributed by atoms with E-state index in [9.17, 15) is 0 Å². The Morgan fingerprint density at radius 3 is 1.25 bits per heavy atom. The van der Waals surface area contributed by atoms with Crippen molar-refractivity contribution < 1.29 is 0 Å². The second-order valence-electron chi connectivity index (χ2n) is 1.09. The lowest BCUT2D eigenvalue weighted by Crippen LogP contribution is -1.37. The predicted molar refractivity (Wildman–Crippen MR) is 44.6 cm³/mol. The third kappa shape index (κ3) is 6.35. The highest BCUT2D eigenvalue weighted by atomic mass is 35.5. The molecule has 0 fully saturated rings. The Balaban J connectivity index is -0.0000000833. The van der Waals surface area contributed by atoms with Crippen LogP contribution in [0.3, 0.4) is 0 Å². The molecular formula is C5H9Cl3. The molecule has 1 rings (SSSR count). The first kappa shape index (κ1) is 15.8. The van der Waals surface area contributed by atoms with E-state index in [2.05, 4.69) is 24.3 Å². The van der Waals surface area contributed by atoms with Crippen molar-refractivity contribution in [3.8, 4) is 0 Å². The minimum atomic E-state index is 0. The maximum atomic E-state index is 2.12. The van der Waals surface area contributed by atoms with E-state index in [0.29, 0.717) is 0 Å². The van der Waals surface area contributed by atoms with Gasteiger partial charge in [-0.05, 0) is 6.42 Å². The number of halogens is 3. The van der Waals surface area contributed by atoms with E-state index in [1.807, 2.05) is 0 Å². The molecule has 0 atom stereocenters. The van der Waals surface area contributed by atoms with Gasteiger partial charge in [-0.15, -0.1) is 37.2 Å². The van der Waals surface area contributed by atoms with Gasteiger partial charge < -0.3 is 0 Å². The summed E-state index contributed by atoms with van der Waals surface area (Å²) >= 11 is 0. The van der Waals surface area contributed by atoms with Crippen molar-refractivity contribution >= 4 is 37.2 Å². The van der Waals surface area contributed by atoms with Crippen LogP contribution in [0.4, 0.5) is 0 Å². The summed E-state index contributed by atoms with van der Waals surface area (Å²) in [5, 5.41) is 0. The van der Waals surface area contributed by atoms with E-state index in [1.165, 1.54) is 0 Å². The first-order valence-electron chi connectivity index (χ1n) is 1.82. The second kappa shape index (κ2) is 10.4. The molecule has 8 heavy (non-hydrogen) atoms. The van der Waals surface area contributed by atoms with Gasteiger partial charge in [0.1, 0.15) is 0 Å². The molecule has 0 unspecified atom stereocenters. The van der Waals surface area contributed by atoms with Crippen LogP contribution in [0, 0.1) is 0 Å². The lowest BCUT2D eigenvalue weighted by atomic mass is 10.5. The van der Waals surface area contributed by atoms with Gasteiger partial charge in [0.05, 0.1) is 0 Å². The van der Waals surface area contributed by atoms with Crippen LogP contribution in [0.5, 0.6) is 0 Å². The fourth-order valence-electron chi connectivity index (χ4n) is 0.393. The van der Waals surface area contributed by atoms with Gasteiger partial charge in [0.2, 0.25) is 0 Å². The Morgan fingerprint density at radius 1 is 0.750 bits per heavy atom. The molecule has 0 aromatic rings. The van der Waals surface area contributed by atoms with Gasteiger partial charge in [-0.25, -0.2) is 0 Å². The number of hydrogen-bond acceptors (Lipinski definition) is 0. The first-order valence-corrected chi connectivity index (χ1v) is 1.82. The molecule has 0 heterocycles. The average molecular weight is 175 g/mol. The lowest BCUT2D eigenvalue weighted by molar-refractivity contribution is 1.45. The van der Waals surface area contributed by atoms with Gasteiger partial charge >= 0.3 is 0 Å². The molecule has 0 N–H and O–H groups in total. The summed E-state index contributed by atoms with van der Waals surface area (Å²) < 4.78 is 0. The minimum absolute atomic E-state index is 0. The smallest absolute Gasteiger partial charge is 0.0163 e. The number of rotatable bonds is 0. The third-order valence-electron chi connectivity index (χ3n) is 0.655. The SMILES string of the molecule is C1=CCC=C1.Cl.Cl.Cl. The predicted octanol–water partition coefficient (Wildman–Crippen LogP) is 2.77. The summed E-state index contributed by atoms with van der Waals surface area (Å²) in [5.41, 5.74) is 0. The van der Waals surface area contributed by atoms with Crippen LogP contribution < -0.4 is 0 Å². The monoisotopic (exact) mass is 174 g/mol. The van der Waals surface area contributed by atoms with Crippen LogP contribution in [0.15, 0.2) is 24.3 Å². The molecule has 0 nitrogen and oxygen atoms in total. The summed E-state index contributed by atoms with van der Waals surface area (Å²) in [6.07, 6.45) is 9.50. The highest BCUT2D eigenvalue weighted by Crippen LogP contribution is 1.93. The largest absolute Gasteiger partial charge is 0.147 e. The van der Waals surface area contributed by atoms with Crippen molar-refractivity contribution in [3.63, 3.8) is 0 Å². The van der Waals surface area contributed by atoms with Gasteiger partial charge in [0, 0.05) is 0 Å². The average Bonchev–Trinajstić information content (AvgIpc) is 1.76. The molecular weight excluding hydrogens is 166 g/mol. The van der Waals surface area contributed by atoms with Crippen molar-refractivity contribution in [2.75, 3.05) is 0 Å². The normalized spacial score (nSPS) is 11.0. The van der Waals surface area contributed by atoms with Gasteiger partial charge in [-0.3, -0.25) is 0 Å². The third-order valence-corrected chi connectivity index (χ3v) is 0.655. The zero-order valence-electron chi connectivity index (χ0n) is 4.24. The molecule has 0 amide bonds. The fourth-order valence-corrected chi connectivity index (χ4v) is 0.393. The molecule has 0 saturated carbocycles. The summed E-state index contributed by atoms with van der Waals surface area (Å²) in [6.45, 7) is 0. The molecule has 0 spiro atoms. The van der Waals surface area contributed by atoms with E-state index >= 15 is 0 Å². The lowest BCUT2D eigenvalue weighted by Gasteiger charge is -1.57. The van der Waals surface area contributed by atoms with Crippen molar-refractivity contribution in [1.82, 2.24) is 0 Å². The zero-order chi connectivity index (χ0) is 3.54. The quantitative estimate of drug-likeness (QED) is 0.531. The van der Waals surface area contributed by atoms with E-state index in [0.717, 1.165) is 6.42 Å². The Morgan fingerprint density at radius 2 is 1.12 bits per heavy atom. The minimum Gasteiger partial charge on any atom is -0.147 e. The second-order valence-corrected chi connectivity index (χ2v) is 1.09. The molecule has 0 saturated heterocycles. The maximum Gasteiger partial charge on any atom is -0.0163 e. The van der Waals surface area contributed by atoms with Gasteiger partial charge in [-0.2, -0.15) is 0 Å². The van der Waals surface area contributed by atoms with E-state index in [-0.39, 0.29) is 37.2 Å². The Labute approximate surface area is 68.3 Å². The van der Waals surface area contributed by atoms with Crippen molar-refractivity contribution in [3.05, 3.63) is 24.3 Å². The standard InChI is InChI=1S/C5H6.3ClH/c1-2-4-5-3-1;;;/h1-4H,5H2;3*1H. The maximum absolute atomic E-state index is 2.12. The van der Waals surface area contributed by atoms with E-state index < -0.39 is 0 Å². The van der Waals surface area contributed by atoms with Crippen LogP contribution >= 0.6 is 37.2 Å². The molecule has 0 radical (unpaired) electrons. The number of allylic oxidation sites excluding steroid dienone is 4. The van der Waals surface area contributed by atoms with Crippen molar-refractivity contribution in [2.45, 2.75) is 6.42 Å². The Kier molecular flexibility index (Phi) is 20.4. The molecule has 1 aliphatic carbocycles. The summed E-state index contributed by atoms with van der Waals surface area (Å²) in [5.74, 6) is 0. The molecule has 1 aliphatic rings. The molecule has 0 bridgehead atoms. The highest BCUT2D eigenvalue weighted by Gasteiger charge is 1.72. The van der Waals surface area contributed by atoms with E-state index in [4.69, 9.17) is 0 Å². The van der Waals surface area contributed by atoms with Crippen molar-refractivity contribution in [2.24, 2.45) is 0 Å². The molecule has 50 valence electrons. The Hall–Kier alpha value is 0.350. The van der Waals surface area contributed by atoms with Crippen LogP contribution in [-0.4, -0.2) is 0 Å². The first-order chi connectivity index (χ1) is 2.50. The topological polar surface area (TPSA) is 0 Å². The van der Waals surface area contributed by atoms with E-state index in [1.54, 1.807) is 0 Å². The van der Waals surface area contributed by atoms with Crippen LogP contribution in [0.25, 0.3) is 0 Å². The fraction of sp³-hybridized carbons (Fsp3) is 0.200.